The summed E-state index contributed by atoms with van der Waals surface area (Å²) in [6, 6.07) is 13.5. The monoisotopic (exact) mass is 384 g/mol. The molecule has 1 saturated heterocycles. The van der Waals surface area contributed by atoms with Gasteiger partial charge < -0.3 is 14.5 Å². The van der Waals surface area contributed by atoms with E-state index in [4.69, 9.17) is 4.74 Å². The van der Waals surface area contributed by atoms with E-state index in [2.05, 4.69) is 0 Å². The highest BCUT2D eigenvalue weighted by Gasteiger charge is 2.37. The van der Waals surface area contributed by atoms with Crippen LogP contribution in [0, 0.1) is 5.82 Å². The van der Waals surface area contributed by atoms with E-state index in [1.165, 1.54) is 19.2 Å². The first-order valence-electron chi connectivity index (χ1n) is 9.46. The first-order valence-corrected chi connectivity index (χ1v) is 9.46. The maximum absolute atomic E-state index is 13.3. The van der Waals surface area contributed by atoms with Gasteiger partial charge in [0, 0.05) is 33.2 Å². The molecule has 0 bridgehead atoms. The van der Waals surface area contributed by atoms with Crippen LogP contribution in [0.15, 0.2) is 48.5 Å². The van der Waals surface area contributed by atoms with E-state index < -0.39 is 6.04 Å². The molecule has 0 N–H and O–H groups in total. The molecule has 0 spiro atoms. The Morgan fingerprint density at radius 3 is 2.54 bits per heavy atom. The molecule has 2 amide bonds. The van der Waals surface area contributed by atoms with Gasteiger partial charge in [0.15, 0.2) is 0 Å². The first-order chi connectivity index (χ1) is 13.5. The van der Waals surface area contributed by atoms with Crippen LogP contribution in [0.5, 0.6) is 0 Å². The van der Waals surface area contributed by atoms with Crippen molar-refractivity contribution < 1.29 is 18.7 Å². The number of carbonyl (C=O) groups is 2. The quantitative estimate of drug-likeness (QED) is 0.770. The van der Waals surface area contributed by atoms with Crippen molar-refractivity contribution in [1.29, 1.82) is 0 Å². The molecule has 3 rings (SSSR count). The number of benzene rings is 2. The molecule has 1 fully saturated rings. The fourth-order valence-corrected chi connectivity index (χ4v) is 3.67. The normalized spacial score (nSPS) is 17.1. The molecule has 1 aliphatic rings. The third-order valence-corrected chi connectivity index (χ3v) is 5.14. The lowest BCUT2D eigenvalue weighted by Crippen LogP contribution is -2.60. The average molecular weight is 384 g/mol. The SMILES string of the molecule is CCN1CCN(C(=O)COC)[C@@H](Cc2ccccc2-c2ccc(F)cc2)C1=O. The van der Waals surface area contributed by atoms with Crippen LogP contribution in [-0.2, 0) is 20.7 Å². The Morgan fingerprint density at radius 1 is 1.14 bits per heavy atom. The predicted molar refractivity (Wildman–Crippen MR) is 105 cm³/mol. The van der Waals surface area contributed by atoms with E-state index >= 15 is 0 Å². The van der Waals surface area contributed by atoms with Crippen molar-refractivity contribution in [2.45, 2.75) is 19.4 Å². The van der Waals surface area contributed by atoms with E-state index in [1.807, 2.05) is 31.2 Å². The number of methoxy groups -OCH3 is 1. The Balaban J connectivity index is 1.93. The lowest BCUT2D eigenvalue weighted by Gasteiger charge is -2.40. The van der Waals surface area contributed by atoms with E-state index in [1.54, 1.807) is 21.9 Å². The zero-order valence-electron chi connectivity index (χ0n) is 16.2. The van der Waals surface area contributed by atoms with Gasteiger partial charge in [0.05, 0.1) is 0 Å². The standard InChI is InChI=1S/C22H25FN2O3/c1-3-24-12-13-25(21(26)15-28-2)20(22(24)27)14-17-6-4-5-7-19(17)16-8-10-18(23)11-9-16/h4-11,20H,3,12-15H2,1-2H3/t20-/m0/s1. The molecule has 0 radical (unpaired) electrons. The van der Waals surface area contributed by atoms with Gasteiger partial charge in [-0.25, -0.2) is 4.39 Å². The highest BCUT2D eigenvalue weighted by Crippen LogP contribution is 2.27. The Bertz CT molecular complexity index is 838. The number of nitrogens with zero attached hydrogens (tertiary/aromatic N) is 2. The molecule has 5 nitrogen and oxygen atoms in total. The van der Waals surface area contributed by atoms with Crippen LogP contribution in [0.2, 0.25) is 0 Å². The number of amides is 2. The molecule has 6 heteroatoms. The lowest BCUT2D eigenvalue weighted by atomic mass is 9.93. The zero-order chi connectivity index (χ0) is 20.1. The van der Waals surface area contributed by atoms with Crippen LogP contribution < -0.4 is 0 Å². The molecular weight excluding hydrogens is 359 g/mol. The molecule has 2 aromatic carbocycles. The summed E-state index contributed by atoms with van der Waals surface area (Å²) in [5, 5.41) is 0. The van der Waals surface area contributed by atoms with Crippen LogP contribution in [-0.4, -0.2) is 61.0 Å². The van der Waals surface area contributed by atoms with Crippen LogP contribution in [0.25, 0.3) is 11.1 Å². The first kappa shape index (κ1) is 20.0. The number of hydrogen-bond donors (Lipinski definition) is 0. The molecule has 0 saturated carbocycles. The van der Waals surface area contributed by atoms with Gasteiger partial charge in [-0.1, -0.05) is 36.4 Å². The summed E-state index contributed by atoms with van der Waals surface area (Å²) in [6.07, 6.45) is 0.401. The Morgan fingerprint density at radius 2 is 1.86 bits per heavy atom. The van der Waals surface area contributed by atoms with E-state index in [0.717, 1.165) is 16.7 Å². The minimum atomic E-state index is -0.571. The van der Waals surface area contributed by atoms with E-state index in [9.17, 15) is 14.0 Å². The third kappa shape index (κ3) is 4.22. The highest BCUT2D eigenvalue weighted by atomic mass is 19.1. The number of likely N-dealkylation sites (N-methyl/N-ethyl adjacent to an activating group) is 1. The number of piperazine rings is 1. The summed E-state index contributed by atoms with van der Waals surface area (Å²) in [4.78, 5) is 28.9. The summed E-state index contributed by atoms with van der Waals surface area (Å²) >= 11 is 0. The summed E-state index contributed by atoms with van der Waals surface area (Å²) in [6.45, 7) is 3.52. The number of rotatable bonds is 6. The second kappa shape index (κ2) is 8.97. The third-order valence-electron chi connectivity index (χ3n) is 5.14. The lowest BCUT2D eigenvalue weighted by molar-refractivity contribution is -0.153. The Labute approximate surface area is 164 Å². The molecule has 1 aliphatic heterocycles. The summed E-state index contributed by atoms with van der Waals surface area (Å²) in [7, 11) is 1.47. The molecule has 28 heavy (non-hydrogen) atoms. The van der Waals surface area contributed by atoms with Gasteiger partial charge in [-0.3, -0.25) is 9.59 Å². The van der Waals surface area contributed by atoms with Gasteiger partial charge in [0.1, 0.15) is 18.5 Å². The van der Waals surface area contributed by atoms with Crippen molar-refractivity contribution in [3.05, 3.63) is 59.9 Å². The van der Waals surface area contributed by atoms with Crippen molar-refractivity contribution in [1.82, 2.24) is 9.80 Å². The van der Waals surface area contributed by atoms with Gasteiger partial charge in [0.2, 0.25) is 11.8 Å². The smallest absolute Gasteiger partial charge is 0.249 e. The average Bonchev–Trinajstić information content (AvgIpc) is 2.70. The number of hydrogen-bond acceptors (Lipinski definition) is 3. The maximum atomic E-state index is 13.3. The number of carbonyl (C=O) groups excluding carboxylic acids is 2. The maximum Gasteiger partial charge on any atom is 0.249 e. The van der Waals surface area contributed by atoms with Crippen molar-refractivity contribution in [2.75, 3.05) is 33.4 Å². The second-order valence-electron chi connectivity index (χ2n) is 6.82. The summed E-state index contributed by atoms with van der Waals surface area (Å²) in [5.74, 6) is -0.526. The highest BCUT2D eigenvalue weighted by molar-refractivity contribution is 5.90. The fourth-order valence-electron chi connectivity index (χ4n) is 3.67. The number of ether oxygens (including phenoxy) is 1. The van der Waals surface area contributed by atoms with E-state index in [0.29, 0.717) is 26.1 Å². The Hall–Kier alpha value is -2.73. The van der Waals surface area contributed by atoms with Crippen molar-refractivity contribution in [2.24, 2.45) is 0 Å². The molecule has 1 heterocycles. The number of halogens is 1. The van der Waals surface area contributed by atoms with E-state index in [-0.39, 0.29) is 24.2 Å². The predicted octanol–water partition coefficient (Wildman–Crippen LogP) is 2.74. The summed E-state index contributed by atoms with van der Waals surface area (Å²) in [5.41, 5.74) is 2.76. The zero-order valence-corrected chi connectivity index (χ0v) is 16.2. The topological polar surface area (TPSA) is 49.9 Å². The van der Waals surface area contributed by atoms with Gasteiger partial charge >= 0.3 is 0 Å². The van der Waals surface area contributed by atoms with Gasteiger partial charge in [-0.15, -0.1) is 0 Å². The molecular formula is C22H25FN2O3. The second-order valence-corrected chi connectivity index (χ2v) is 6.82. The van der Waals surface area contributed by atoms with Gasteiger partial charge in [0.25, 0.3) is 0 Å². The molecule has 1 atom stereocenters. The summed E-state index contributed by atoms with van der Waals surface area (Å²) < 4.78 is 18.3. The van der Waals surface area contributed by atoms with Crippen LogP contribution in [0.1, 0.15) is 12.5 Å². The fraction of sp³-hybridized carbons (Fsp3) is 0.364. The molecule has 0 unspecified atom stereocenters. The van der Waals surface area contributed by atoms with Crippen LogP contribution in [0.3, 0.4) is 0 Å². The van der Waals surface area contributed by atoms with Gasteiger partial charge in [-0.05, 0) is 35.7 Å². The van der Waals surface area contributed by atoms with Crippen molar-refractivity contribution in [3.63, 3.8) is 0 Å². The minimum absolute atomic E-state index is 0.0461. The Kier molecular flexibility index (Phi) is 6.41. The van der Waals surface area contributed by atoms with Crippen LogP contribution in [0.4, 0.5) is 4.39 Å². The molecule has 0 aromatic heterocycles. The van der Waals surface area contributed by atoms with Crippen LogP contribution >= 0.6 is 0 Å². The van der Waals surface area contributed by atoms with Crippen molar-refractivity contribution in [3.8, 4) is 11.1 Å². The largest absolute Gasteiger partial charge is 0.375 e. The van der Waals surface area contributed by atoms with Gasteiger partial charge in [-0.2, -0.15) is 0 Å². The molecule has 148 valence electrons. The molecule has 2 aromatic rings. The van der Waals surface area contributed by atoms with Crippen molar-refractivity contribution >= 4 is 11.8 Å². The minimum Gasteiger partial charge on any atom is -0.375 e. The molecule has 0 aliphatic carbocycles.